The van der Waals surface area contributed by atoms with Crippen molar-refractivity contribution in [1.29, 1.82) is 5.26 Å². The molecule has 0 saturated carbocycles. The third kappa shape index (κ3) is 4.56. The van der Waals surface area contributed by atoms with E-state index in [0.717, 1.165) is 51.5 Å². The summed E-state index contributed by atoms with van der Waals surface area (Å²) in [7, 11) is 0. The summed E-state index contributed by atoms with van der Waals surface area (Å²) in [5, 5.41) is 11.4. The highest BCUT2D eigenvalue weighted by molar-refractivity contribution is 7.09. The molecule has 0 unspecified atom stereocenters. The summed E-state index contributed by atoms with van der Waals surface area (Å²) >= 11 is 1.65. The minimum atomic E-state index is 0.0493. The molecule has 4 rings (SSSR count). The lowest BCUT2D eigenvalue weighted by molar-refractivity contribution is 0.675. The molecule has 0 spiro atoms. The van der Waals surface area contributed by atoms with Crippen LogP contribution < -0.4 is 5.56 Å². The summed E-state index contributed by atoms with van der Waals surface area (Å²) in [6.45, 7) is 4.58. The molecule has 32 heavy (non-hydrogen) atoms. The third-order valence-electron chi connectivity index (χ3n) is 5.61. The number of hydrogen-bond acceptors (Lipinski definition) is 4. The second-order valence-electron chi connectivity index (χ2n) is 7.84. The summed E-state index contributed by atoms with van der Waals surface area (Å²) < 4.78 is 1.79. The molecule has 0 radical (unpaired) electrons. The minimum absolute atomic E-state index is 0.0493. The summed E-state index contributed by atoms with van der Waals surface area (Å²) in [6, 6.07) is 22.0. The molecule has 0 N–H and O–H groups in total. The van der Waals surface area contributed by atoms with Gasteiger partial charge < -0.3 is 0 Å². The molecule has 0 fully saturated rings. The highest BCUT2D eigenvalue weighted by Crippen LogP contribution is 2.24. The Morgan fingerprint density at radius 3 is 2.53 bits per heavy atom. The van der Waals surface area contributed by atoms with Crippen molar-refractivity contribution in [2.75, 3.05) is 0 Å². The lowest BCUT2D eigenvalue weighted by atomic mass is 9.97. The summed E-state index contributed by atoms with van der Waals surface area (Å²) in [4.78, 5) is 19.4. The number of hydrogen-bond donors (Lipinski definition) is 0. The van der Waals surface area contributed by atoms with Gasteiger partial charge in [-0.3, -0.25) is 9.36 Å². The summed E-state index contributed by atoms with van der Waals surface area (Å²) in [5.41, 5.74) is 5.36. The van der Waals surface area contributed by atoms with Crippen LogP contribution in [0, 0.1) is 18.3 Å². The van der Waals surface area contributed by atoms with Gasteiger partial charge in [-0.25, -0.2) is 4.98 Å². The number of aryl methyl sites for hydroxylation is 2. The molecular weight excluding hydrogens is 414 g/mol. The van der Waals surface area contributed by atoms with Gasteiger partial charge in [0.2, 0.25) is 0 Å². The van der Waals surface area contributed by atoms with E-state index in [2.05, 4.69) is 13.0 Å². The fourth-order valence-corrected chi connectivity index (χ4v) is 4.65. The van der Waals surface area contributed by atoms with Gasteiger partial charge in [0, 0.05) is 16.9 Å². The van der Waals surface area contributed by atoms with Crippen molar-refractivity contribution in [1.82, 2.24) is 9.55 Å². The lowest BCUT2D eigenvalue weighted by Crippen LogP contribution is -2.29. The zero-order chi connectivity index (χ0) is 22.5. The molecule has 5 heteroatoms. The summed E-state index contributed by atoms with van der Waals surface area (Å²) in [6.07, 6.45) is 2.28. The van der Waals surface area contributed by atoms with Crippen LogP contribution in [0.2, 0.25) is 0 Å². The maximum absolute atomic E-state index is 13.5. The van der Waals surface area contributed by atoms with Gasteiger partial charge in [-0.1, -0.05) is 61.9 Å². The van der Waals surface area contributed by atoms with Crippen molar-refractivity contribution in [3.05, 3.63) is 109 Å². The molecule has 0 aliphatic heterocycles. The molecule has 0 atom stereocenters. The van der Waals surface area contributed by atoms with Crippen LogP contribution in [0.25, 0.3) is 11.1 Å². The first-order valence-corrected chi connectivity index (χ1v) is 11.7. The number of aromatic nitrogens is 2. The van der Waals surface area contributed by atoms with Crippen LogP contribution in [0.4, 0.5) is 0 Å². The van der Waals surface area contributed by atoms with Crippen LogP contribution in [0.15, 0.2) is 70.8 Å². The van der Waals surface area contributed by atoms with Crippen LogP contribution in [-0.2, 0) is 19.4 Å². The number of rotatable bonds is 7. The normalized spacial score (nSPS) is 10.8. The predicted molar refractivity (Wildman–Crippen MR) is 130 cm³/mol. The quantitative estimate of drug-likeness (QED) is 0.369. The van der Waals surface area contributed by atoms with Gasteiger partial charge in [-0.2, -0.15) is 5.26 Å². The fourth-order valence-electron chi connectivity index (χ4n) is 3.96. The standard InChI is InChI=1S/C27H25N3OS/c1-3-7-26-25(27(31)30(19(2)29-26)18-23-9-6-15-32-23)16-20-11-13-21(14-12-20)24-10-5-4-8-22(24)17-28/h4-6,8-15H,3,7,16,18H2,1-2H3. The Bertz CT molecular complexity index is 1310. The van der Waals surface area contributed by atoms with Crippen LogP contribution in [0.3, 0.4) is 0 Å². The molecule has 0 aliphatic carbocycles. The SMILES string of the molecule is CCCc1nc(C)n(Cc2cccs2)c(=O)c1Cc1ccc(-c2ccccc2C#N)cc1. The third-order valence-corrected chi connectivity index (χ3v) is 6.47. The van der Waals surface area contributed by atoms with Crippen LogP contribution >= 0.6 is 11.3 Å². The molecule has 0 amide bonds. The van der Waals surface area contributed by atoms with E-state index in [1.54, 1.807) is 15.9 Å². The Kier molecular flexibility index (Phi) is 6.63. The van der Waals surface area contributed by atoms with E-state index >= 15 is 0 Å². The molecule has 2 heterocycles. The van der Waals surface area contributed by atoms with Gasteiger partial charge >= 0.3 is 0 Å². The van der Waals surface area contributed by atoms with Gasteiger partial charge in [0.1, 0.15) is 5.82 Å². The average molecular weight is 440 g/mol. The van der Waals surface area contributed by atoms with Gasteiger partial charge in [0.25, 0.3) is 5.56 Å². The van der Waals surface area contributed by atoms with Gasteiger partial charge in [0.15, 0.2) is 0 Å². The van der Waals surface area contributed by atoms with E-state index in [1.165, 1.54) is 0 Å². The monoisotopic (exact) mass is 439 g/mol. The number of nitrogens with zero attached hydrogens (tertiary/aromatic N) is 3. The molecule has 4 aromatic rings. The van der Waals surface area contributed by atoms with Crippen molar-refractivity contribution in [2.24, 2.45) is 0 Å². The molecule has 2 aromatic carbocycles. The first kappa shape index (κ1) is 21.7. The largest absolute Gasteiger partial charge is 0.291 e. The van der Waals surface area contributed by atoms with E-state index < -0.39 is 0 Å². The Morgan fingerprint density at radius 1 is 1.06 bits per heavy atom. The van der Waals surface area contributed by atoms with Gasteiger partial charge in [-0.15, -0.1) is 11.3 Å². The maximum Gasteiger partial charge on any atom is 0.257 e. The van der Waals surface area contributed by atoms with E-state index in [9.17, 15) is 10.1 Å². The van der Waals surface area contributed by atoms with E-state index in [0.29, 0.717) is 18.5 Å². The minimum Gasteiger partial charge on any atom is -0.291 e. The molecule has 160 valence electrons. The van der Waals surface area contributed by atoms with Crippen molar-refractivity contribution in [2.45, 2.75) is 39.7 Å². The summed E-state index contributed by atoms with van der Waals surface area (Å²) in [5.74, 6) is 0.763. The van der Waals surface area contributed by atoms with Crippen molar-refractivity contribution in [3.8, 4) is 17.2 Å². The topological polar surface area (TPSA) is 58.7 Å². The smallest absolute Gasteiger partial charge is 0.257 e. The van der Waals surface area contributed by atoms with Crippen LogP contribution in [-0.4, -0.2) is 9.55 Å². The van der Waals surface area contributed by atoms with E-state index in [4.69, 9.17) is 4.98 Å². The first-order chi connectivity index (χ1) is 15.6. The number of nitriles is 1. The first-order valence-electron chi connectivity index (χ1n) is 10.8. The molecule has 2 aromatic heterocycles. The lowest BCUT2D eigenvalue weighted by Gasteiger charge is -2.15. The zero-order valence-electron chi connectivity index (χ0n) is 18.3. The number of thiophene rings is 1. The predicted octanol–water partition coefficient (Wildman–Crippen LogP) is 5.74. The van der Waals surface area contributed by atoms with Crippen molar-refractivity contribution < 1.29 is 0 Å². The molecule has 0 bridgehead atoms. The Hall–Kier alpha value is -3.49. The van der Waals surface area contributed by atoms with E-state index in [1.807, 2.05) is 73.0 Å². The molecular formula is C27H25N3OS. The van der Waals surface area contributed by atoms with Crippen molar-refractivity contribution in [3.63, 3.8) is 0 Å². The van der Waals surface area contributed by atoms with Gasteiger partial charge in [0.05, 0.1) is 23.9 Å². The van der Waals surface area contributed by atoms with Gasteiger partial charge in [-0.05, 0) is 47.5 Å². The highest BCUT2D eigenvalue weighted by atomic mass is 32.1. The Morgan fingerprint density at radius 2 is 1.84 bits per heavy atom. The van der Waals surface area contributed by atoms with E-state index in [-0.39, 0.29) is 5.56 Å². The second kappa shape index (κ2) is 9.76. The molecule has 0 saturated heterocycles. The zero-order valence-corrected chi connectivity index (χ0v) is 19.2. The Labute approximate surface area is 192 Å². The molecule has 4 nitrogen and oxygen atoms in total. The molecule has 0 aliphatic rings. The van der Waals surface area contributed by atoms with Crippen LogP contribution in [0.1, 0.15) is 46.4 Å². The highest BCUT2D eigenvalue weighted by Gasteiger charge is 2.16. The van der Waals surface area contributed by atoms with Crippen LogP contribution in [0.5, 0.6) is 0 Å². The fraction of sp³-hybridized carbons (Fsp3) is 0.222. The second-order valence-corrected chi connectivity index (χ2v) is 8.87. The maximum atomic E-state index is 13.5. The number of benzene rings is 2. The van der Waals surface area contributed by atoms with Crippen molar-refractivity contribution >= 4 is 11.3 Å². The average Bonchev–Trinajstić information content (AvgIpc) is 3.33. The Balaban J connectivity index is 1.68.